The number of imidazole rings is 2. The lowest BCUT2D eigenvalue weighted by molar-refractivity contribution is 0.582. The minimum Gasteiger partial charge on any atom is -0.464 e. The Kier molecular flexibility index (Phi) is 4.35. The molecule has 0 radical (unpaired) electrons. The van der Waals surface area contributed by atoms with Gasteiger partial charge in [-0.2, -0.15) is 0 Å². The molecule has 0 atom stereocenters. The first kappa shape index (κ1) is 19.5. The van der Waals surface area contributed by atoms with Crippen molar-refractivity contribution < 1.29 is 4.42 Å². The number of benzene rings is 3. The van der Waals surface area contributed by atoms with Crippen LogP contribution in [0.3, 0.4) is 0 Å². The van der Waals surface area contributed by atoms with E-state index < -0.39 is 0 Å². The number of furan rings is 1. The summed E-state index contributed by atoms with van der Waals surface area (Å²) in [5.74, 6) is 2.54. The molecule has 6 heteroatoms. The van der Waals surface area contributed by atoms with Gasteiger partial charge in [0.25, 0.3) is 0 Å². The van der Waals surface area contributed by atoms with E-state index in [1.807, 2.05) is 36.4 Å². The fourth-order valence-corrected chi connectivity index (χ4v) is 4.40. The molecule has 0 aliphatic carbocycles. The zero-order chi connectivity index (χ0) is 23.2. The van der Waals surface area contributed by atoms with E-state index in [0.29, 0.717) is 0 Å². The number of pyridine rings is 1. The van der Waals surface area contributed by atoms with Crippen molar-refractivity contribution in [2.45, 2.75) is 0 Å². The number of nitrogens with zero attached hydrogens (tertiary/aromatic N) is 3. The van der Waals surface area contributed by atoms with Crippen molar-refractivity contribution in [3.05, 3.63) is 104 Å². The molecule has 7 aromatic rings. The second kappa shape index (κ2) is 7.81. The molecule has 0 unspecified atom stereocenters. The van der Waals surface area contributed by atoms with E-state index >= 15 is 0 Å². The molecule has 4 heterocycles. The molecular formula is C29H19N5O. The van der Waals surface area contributed by atoms with Gasteiger partial charge in [0.15, 0.2) is 0 Å². The van der Waals surface area contributed by atoms with E-state index in [-0.39, 0.29) is 0 Å². The summed E-state index contributed by atoms with van der Waals surface area (Å²) in [5.41, 5.74) is 9.17. The average Bonchev–Trinajstić information content (AvgIpc) is 3.68. The van der Waals surface area contributed by atoms with Crippen LogP contribution in [0, 0.1) is 0 Å². The summed E-state index contributed by atoms with van der Waals surface area (Å²) < 4.78 is 5.49. The average molecular weight is 454 g/mol. The predicted molar refractivity (Wildman–Crippen MR) is 138 cm³/mol. The summed E-state index contributed by atoms with van der Waals surface area (Å²) in [6.07, 6.45) is 5.23. The topological polar surface area (TPSA) is 83.4 Å². The lowest BCUT2D eigenvalue weighted by atomic mass is 10.0. The third-order valence-corrected chi connectivity index (χ3v) is 6.21. The van der Waals surface area contributed by atoms with E-state index in [1.165, 1.54) is 0 Å². The van der Waals surface area contributed by atoms with Crippen LogP contribution in [0.5, 0.6) is 0 Å². The Bertz CT molecular complexity index is 1780. The van der Waals surface area contributed by atoms with E-state index in [2.05, 4.69) is 63.5 Å². The molecule has 35 heavy (non-hydrogen) atoms. The number of rotatable bonds is 4. The molecule has 166 valence electrons. The monoisotopic (exact) mass is 453 g/mol. The van der Waals surface area contributed by atoms with Crippen LogP contribution >= 0.6 is 0 Å². The number of aromatic nitrogens is 5. The van der Waals surface area contributed by atoms with Gasteiger partial charge in [-0.25, -0.2) is 9.97 Å². The van der Waals surface area contributed by atoms with E-state index in [4.69, 9.17) is 14.4 Å². The van der Waals surface area contributed by atoms with Crippen molar-refractivity contribution in [1.29, 1.82) is 0 Å². The molecule has 4 aromatic heterocycles. The first-order valence-corrected chi connectivity index (χ1v) is 11.3. The highest BCUT2D eigenvalue weighted by atomic mass is 16.3. The van der Waals surface area contributed by atoms with Gasteiger partial charge in [0.05, 0.1) is 28.3 Å². The molecular weight excluding hydrogens is 434 g/mol. The third-order valence-electron chi connectivity index (χ3n) is 6.21. The van der Waals surface area contributed by atoms with E-state index in [1.54, 1.807) is 18.7 Å². The van der Waals surface area contributed by atoms with Crippen molar-refractivity contribution in [2.24, 2.45) is 0 Å². The molecule has 0 spiro atoms. The van der Waals surface area contributed by atoms with Crippen molar-refractivity contribution in [3.63, 3.8) is 0 Å². The zero-order valence-electron chi connectivity index (χ0n) is 18.6. The van der Waals surface area contributed by atoms with Gasteiger partial charge in [0, 0.05) is 29.1 Å². The Morgan fingerprint density at radius 2 is 1.09 bits per heavy atom. The SMILES string of the molecule is c1coc(-c2ccc(-c3nc4ccc(-c5ccc6nc(-c7ccncc7)[nH]c6c5)cc4[nH]3)cc2)c1. The minimum atomic E-state index is 0.839. The van der Waals surface area contributed by atoms with Crippen molar-refractivity contribution in [3.8, 4) is 45.2 Å². The zero-order valence-corrected chi connectivity index (χ0v) is 18.6. The molecule has 3 aromatic carbocycles. The van der Waals surface area contributed by atoms with E-state index in [9.17, 15) is 0 Å². The fourth-order valence-electron chi connectivity index (χ4n) is 4.40. The molecule has 0 saturated heterocycles. The Hall–Kier alpha value is -4.97. The standard InChI is InChI=1S/C29H19N5O/c1-2-27(35-15-1)18-3-5-19(6-4-18)28-31-23-9-7-21(16-25(23)33-28)22-8-10-24-26(17-22)34-29(32-24)20-11-13-30-14-12-20/h1-17H,(H,31,33)(H,32,34). The molecule has 6 nitrogen and oxygen atoms in total. The normalized spacial score (nSPS) is 11.4. The van der Waals surface area contributed by atoms with Crippen molar-refractivity contribution in [1.82, 2.24) is 24.9 Å². The van der Waals surface area contributed by atoms with Crippen LogP contribution in [-0.4, -0.2) is 24.9 Å². The maximum Gasteiger partial charge on any atom is 0.138 e. The maximum absolute atomic E-state index is 5.49. The number of nitrogens with one attached hydrogen (secondary N) is 2. The quantitative estimate of drug-likeness (QED) is 0.298. The lowest BCUT2D eigenvalue weighted by Crippen LogP contribution is -1.81. The van der Waals surface area contributed by atoms with Crippen LogP contribution in [-0.2, 0) is 0 Å². The second-order valence-electron chi connectivity index (χ2n) is 8.43. The highest BCUT2D eigenvalue weighted by Crippen LogP contribution is 2.30. The van der Waals surface area contributed by atoms with Gasteiger partial charge in [-0.1, -0.05) is 36.4 Å². The Morgan fingerprint density at radius 3 is 1.66 bits per heavy atom. The summed E-state index contributed by atoms with van der Waals surface area (Å²) >= 11 is 0. The van der Waals surface area contributed by atoms with Gasteiger partial charge >= 0.3 is 0 Å². The highest BCUT2D eigenvalue weighted by molar-refractivity contribution is 5.88. The first-order chi connectivity index (χ1) is 17.3. The van der Waals surface area contributed by atoms with Gasteiger partial charge in [-0.3, -0.25) is 4.98 Å². The minimum absolute atomic E-state index is 0.839. The number of aromatic amines is 2. The molecule has 0 aliphatic rings. The second-order valence-corrected chi connectivity index (χ2v) is 8.43. The summed E-state index contributed by atoms with van der Waals surface area (Å²) in [6, 6.07) is 28.6. The van der Waals surface area contributed by atoms with Crippen molar-refractivity contribution >= 4 is 22.1 Å². The molecule has 2 N–H and O–H groups in total. The van der Waals surface area contributed by atoms with Crippen LogP contribution in [0.4, 0.5) is 0 Å². The number of hydrogen-bond donors (Lipinski definition) is 2. The molecule has 0 aliphatic heterocycles. The van der Waals surface area contributed by atoms with Gasteiger partial charge in [0.1, 0.15) is 17.4 Å². The number of hydrogen-bond acceptors (Lipinski definition) is 4. The van der Waals surface area contributed by atoms with Gasteiger partial charge in [-0.15, -0.1) is 0 Å². The summed E-state index contributed by atoms with van der Waals surface area (Å²) in [7, 11) is 0. The smallest absolute Gasteiger partial charge is 0.138 e. The highest BCUT2D eigenvalue weighted by Gasteiger charge is 2.10. The van der Waals surface area contributed by atoms with E-state index in [0.717, 1.165) is 67.3 Å². The first-order valence-electron chi connectivity index (χ1n) is 11.3. The predicted octanol–water partition coefficient (Wildman–Crippen LogP) is 7.10. The van der Waals surface area contributed by atoms with Crippen LogP contribution in [0.2, 0.25) is 0 Å². The Balaban J connectivity index is 1.22. The lowest BCUT2D eigenvalue weighted by Gasteiger charge is -2.01. The van der Waals surface area contributed by atoms with Gasteiger partial charge in [0.2, 0.25) is 0 Å². The maximum atomic E-state index is 5.49. The largest absolute Gasteiger partial charge is 0.464 e. The summed E-state index contributed by atoms with van der Waals surface area (Å²) in [6.45, 7) is 0. The van der Waals surface area contributed by atoms with Gasteiger partial charge < -0.3 is 14.4 Å². The van der Waals surface area contributed by atoms with Crippen molar-refractivity contribution in [2.75, 3.05) is 0 Å². The fraction of sp³-hybridized carbons (Fsp3) is 0. The summed E-state index contributed by atoms with van der Waals surface area (Å²) in [4.78, 5) is 20.5. The van der Waals surface area contributed by atoms with Crippen LogP contribution in [0.1, 0.15) is 0 Å². The molecule has 0 amide bonds. The number of fused-ring (bicyclic) bond motifs is 2. The summed E-state index contributed by atoms with van der Waals surface area (Å²) in [5, 5.41) is 0. The molecule has 0 saturated carbocycles. The van der Waals surface area contributed by atoms with Crippen LogP contribution in [0.15, 0.2) is 108 Å². The van der Waals surface area contributed by atoms with Crippen LogP contribution < -0.4 is 0 Å². The Morgan fingerprint density at radius 1 is 0.543 bits per heavy atom. The Labute approximate surface area is 200 Å². The number of H-pyrrole nitrogens is 2. The molecule has 0 bridgehead atoms. The molecule has 0 fully saturated rings. The third kappa shape index (κ3) is 3.48. The van der Waals surface area contributed by atoms with Crippen LogP contribution in [0.25, 0.3) is 67.3 Å². The van der Waals surface area contributed by atoms with Gasteiger partial charge in [-0.05, 0) is 59.7 Å². The molecule has 7 rings (SSSR count).